The fourth-order valence-corrected chi connectivity index (χ4v) is 2.15. The van der Waals surface area contributed by atoms with Gasteiger partial charge in [-0.15, -0.1) is 11.3 Å². The molecule has 0 bridgehead atoms. The topological polar surface area (TPSA) is 68.9 Å². The molecule has 5 heteroatoms. The van der Waals surface area contributed by atoms with Crippen LogP contribution in [0, 0.1) is 6.92 Å². The van der Waals surface area contributed by atoms with E-state index in [0.717, 1.165) is 5.39 Å². The molecular weight excluding hydrogens is 198 g/mol. The van der Waals surface area contributed by atoms with Crippen LogP contribution in [0.5, 0.6) is 0 Å². The van der Waals surface area contributed by atoms with Gasteiger partial charge < -0.3 is 5.73 Å². The van der Waals surface area contributed by atoms with Gasteiger partial charge in [-0.25, -0.2) is 9.97 Å². The Balaban J connectivity index is 2.85. The molecule has 0 atom stereocenters. The summed E-state index contributed by atoms with van der Waals surface area (Å²) in [5, 5.41) is 1.37. The third-order valence-electron chi connectivity index (χ3n) is 1.92. The molecule has 0 amide bonds. The molecule has 72 valence electrons. The van der Waals surface area contributed by atoms with Crippen LogP contribution in [0.3, 0.4) is 0 Å². The smallest absolute Gasteiger partial charge is 0.172 e. The van der Waals surface area contributed by atoms with E-state index in [-0.39, 0.29) is 5.78 Å². The van der Waals surface area contributed by atoms with Crippen LogP contribution in [-0.4, -0.2) is 15.8 Å². The summed E-state index contributed by atoms with van der Waals surface area (Å²) in [4.78, 5) is 20.2. The number of nitrogens with two attached hydrogens (primary N) is 1. The standard InChI is InChI=1S/C9H9N3OS/c1-4(13)8-7-6(9(10)14-8)3-11-5(2)12-7/h3H,10H2,1-2H3. The number of fused-ring (bicyclic) bond motifs is 1. The molecule has 0 saturated carbocycles. The van der Waals surface area contributed by atoms with Crippen molar-refractivity contribution in [2.75, 3.05) is 5.73 Å². The average molecular weight is 207 g/mol. The minimum Gasteiger partial charge on any atom is -0.390 e. The Kier molecular flexibility index (Phi) is 1.96. The summed E-state index contributed by atoms with van der Waals surface area (Å²) in [6.07, 6.45) is 1.66. The SMILES string of the molecule is CC(=O)c1sc(N)c2cnc(C)nc12. The first-order valence-corrected chi connectivity index (χ1v) is 4.94. The van der Waals surface area contributed by atoms with Crippen molar-refractivity contribution in [2.45, 2.75) is 13.8 Å². The van der Waals surface area contributed by atoms with Crippen LogP contribution in [-0.2, 0) is 0 Å². The van der Waals surface area contributed by atoms with Crippen molar-refractivity contribution in [1.29, 1.82) is 0 Å². The normalized spacial score (nSPS) is 10.7. The summed E-state index contributed by atoms with van der Waals surface area (Å²) in [5.41, 5.74) is 6.42. The van der Waals surface area contributed by atoms with Gasteiger partial charge in [0.25, 0.3) is 0 Å². The number of anilines is 1. The number of hydrogen-bond acceptors (Lipinski definition) is 5. The number of aromatic nitrogens is 2. The van der Waals surface area contributed by atoms with Crippen LogP contribution in [0.2, 0.25) is 0 Å². The molecule has 4 nitrogen and oxygen atoms in total. The largest absolute Gasteiger partial charge is 0.390 e. The molecule has 0 unspecified atom stereocenters. The molecular formula is C9H9N3OS. The van der Waals surface area contributed by atoms with Crippen LogP contribution < -0.4 is 5.73 Å². The molecule has 0 aromatic carbocycles. The van der Waals surface area contributed by atoms with E-state index < -0.39 is 0 Å². The lowest BCUT2D eigenvalue weighted by Gasteiger charge is -1.93. The van der Waals surface area contributed by atoms with Crippen LogP contribution in [0.4, 0.5) is 5.00 Å². The fourth-order valence-electron chi connectivity index (χ4n) is 1.28. The number of thiophene rings is 1. The number of rotatable bonds is 1. The summed E-state index contributed by atoms with van der Waals surface area (Å²) in [6, 6.07) is 0. The fraction of sp³-hybridized carbons (Fsp3) is 0.222. The number of aryl methyl sites for hydroxylation is 1. The highest BCUT2D eigenvalue weighted by Crippen LogP contribution is 2.31. The van der Waals surface area contributed by atoms with Crippen molar-refractivity contribution in [2.24, 2.45) is 0 Å². The molecule has 0 aliphatic carbocycles. The lowest BCUT2D eigenvalue weighted by Crippen LogP contribution is -1.92. The van der Waals surface area contributed by atoms with E-state index >= 15 is 0 Å². The van der Waals surface area contributed by atoms with Gasteiger partial charge in [0, 0.05) is 13.1 Å². The molecule has 2 heterocycles. The highest BCUT2D eigenvalue weighted by molar-refractivity contribution is 7.19. The van der Waals surface area contributed by atoms with E-state index in [1.807, 2.05) is 0 Å². The summed E-state index contributed by atoms with van der Waals surface area (Å²) < 4.78 is 0. The number of carbonyl (C=O) groups excluding carboxylic acids is 1. The average Bonchev–Trinajstić information content (AvgIpc) is 2.43. The second-order valence-electron chi connectivity index (χ2n) is 3.03. The molecule has 2 N–H and O–H groups in total. The first-order valence-electron chi connectivity index (χ1n) is 4.12. The number of Topliss-reactive ketones (excluding diaryl/α,β-unsaturated/α-hetero) is 1. The Labute approximate surface area is 84.8 Å². The van der Waals surface area contributed by atoms with Crippen molar-refractivity contribution in [3.8, 4) is 0 Å². The first kappa shape index (κ1) is 9.08. The van der Waals surface area contributed by atoms with Crippen LogP contribution in [0.1, 0.15) is 22.4 Å². The maximum absolute atomic E-state index is 11.3. The van der Waals surface area contributed by atoms with E-state index in [0.29, 0.717) is 21.2 Å². The van der Waals surface area contributed by atoms with E-state index in [1.54, 1.807) is 13.1 Å². The number of nitrogens with zero attached hydrogens (tertiary/aromatic N) is 2. The Hall–Kier alpha value is -1.49. The van der Waals surface area contributed by atoms with Crippen LogP contribution >= 0.6 is 11.3 Å². The van der Waals surface area contributed by atoms with Gasteiger partial charge in [-0.3, -0.25) is 4.79 Å². The van der Waals surface area contributed by atoms with Crippen LogP contribution in [0.15, 0.2) is 6.20 Å². The van der Waals surface area contributed by atoms with Crippen molar-refractivity contribution < 1.29 is 4.79 Å². The molecule has 14 heavy (non-hydrogen) atoms. The van der Waals surface area contributed by atoms with Gasteiger partial charge in [0.05, 0.1) is 20.8 Å². The first-order chi connectivity index (χ1) is 6.59. The number of hydrogen-bond donors (Lipinski definition) is 1. The van der Waals surface area contributed by atoms with Crippen molar-refractivity contribution in [1.82, 2.24) is 9.97 Å². The van der Waals surface area contributed by atoms with E-state index in [4.69, 9.17) is 5.73 Å². The third-order valence-corrected chi connectivity index (χ3v) is 3.05. The lowest BCUT2D eigenvalue weighted by molar-refractivity contribution is 0.102. The Bertz CT molecular complexity index is 518. The molecule has 0 fully saturated rings. The molecule has 0 aliphatic heterocycles. The van der Waals surface area contributed by atoms with Gasteiger partial charge in [-0.05, 0) is 6.92 Å². The molecule has 0 spiro atoms. The predicted molar refractivity (Wildman–Crippen MR) is 56.6 cm³/mol. The van der Waals surface area contributed by atoms with Crippen molar-refractivity contribution in [3.05, 3.63) is 16.9 Å². The predicted octanol–water partition coefficient (Wildman–Crippen LogP) is 1.78. The van der Waals surface area contributed by atoms with Gasteiger partial charge in [0.15, 0.2) is 5.78 Å². The van der Waals surface area contributed by atoms with Gasteiger partial charge in [0.1, 0.15) is 5.82 Å². The maximum Gasteiger partial charge on any atom is 0.172 e. The Morgan fingerprint density at radius 2 is 2.29 bits per heavy atom. The number of carbonyl (C=O) groups is 1. The summed E-state index contributed by atoms with van der Waals surface area (Å²) >= 11 is 1.27. The third kappa shape index (κ3) is 1.26. The number of ketones is 1. The Morgan fingerprint density at radius 3 is 2.93 bits per heavy atom. The molecule has 0 radical (unpaired) electrons. The molecule has 0 aliphatic rings. The molecule has 0 saturated heterocycles. The summed E-state index contributed by atoms with van der Waals surface area (Å²) in [5.74, 6) is 0.646. The van der Waals surface area contributed by atoms with Gasteiger partial charge in [-0.2, -0.15) is 0 Å². The highest BCUT2D eigenvalue weighted by Gasteiger charge is 2.14. The van der Waals surface area contributed by atoms with Gasteiger partial charge in [0.2, 0.25) is 0 Å². The summed E-state index contributed by atoms with van der Waals surface area (Å²) in [7, 11) is 0. The van der Waals surface area contributed by atoms with E-state index in [9.17, 15) is 4.79 Å². The summed E-state index contributed by atoms with van der Waals surface area (Å²) in [6.45, 7) is 3.30. The monoisotopic (exact) mass is 207 g/mol. The Morgan fingerprint density at radius 1 is 1.57 bits per heavy atom. The van der Waals surface area contributed by atoms with Crippen LogP contribution in [0.25, 0.3) is 10.9 Å². The zero-order chi connectivity index (χ0) is 10.3. The van der Waals surface area contributed by atoms with Crippen molar-refractivity contribution >= 4 is 33.0 Å². The zero-order valence-electron chi connectivity index (χ0n) is 7.87. The van der Waals surface area contributed by atoms with E-state index in [1.165, 1.54) is 18.3 Å². The van der Waals surface area contributed by atoms with E-state index in [2.05, 4.69) is 9.97 Å². The highest BCUT2D eigenvalue weighted by atomic mass is 32.1. The molecule has 2 rings (SSSR count). The van der Waals surface area contributed by atoms with Gasteiger partial charge >= 0.3 is 0 Å². The van der Waals surface area contributed by atoms with Gasteiger partial charge in [-0.1, -0.05) is 0 Å². The number of nitrogen functional groups attached to an aromatic ring is 1. The zero-order valence-corrected chi connectivity index (χ0v) is 8.68. The minimum absolute atomic E-state index is 0.00481. The lowest BCUT2D eigenvalue weighted by atomic mass is 10.2. The second kappa shape index (κ2) is 3.02. The minimum atomic E-state index is -0.00481. The molecule has 2 aromatic heterocycles. The second-order valence-corrected chi connectivity index (χ2v) is 4.08. The quantitative estimate of drug-likeness (QED) is 0.724. The van der Waals surface area contributed by atoms with Crippen molar-refractivity contribution in [3.63, 3.8) is 0 Å². The molecule has 2 aromatic rings. The maximum atomic E-state index is 11.3.